The molecule has 0 bridgehead atoms. The Balaban J connectivity index is 1.42. The summed E-state index contributed by atoms with van der Waals surface area (Å²) in [5.41, 5.74) is 4.73. The number of rotatable bonds is 4. The molecule has 0 amide bonds. The largest absolute Gasteiger partial charge is 0.369 e. The fraction of sp³-hybridized carbons (Fsp3) is 0.238. The third kappa shape index (κ3) is 3.92. The van der Waals surface area contributed by atoms with Gasteiger partial charge in [-0.15, -0.1) is 0 Å². The molecular weight excluding hydrogens is 310 g/mol. The Hall–Kier alpha value is -2.56. The van der Waals surface area contributed by atoms with Crippen LogP contribution >= 0.6 is 0 Å². The Kier molecular flexibility index (Phi) is 4.81. The van der Waals surface area contributed by atoms with E-state index in [1.807, 2.05) is 6.07 Å². The van der Waals surface area contributed by atoms with Gasteiger partial charge in [0.15, 0.2) is 0 Å². The number of hydrogen-bond donors (Lipinski definition) is 0. The van der Waals surface area contributed by atoms with Crippen LogP contribution in [0.4, 0.5) is 0 Å². The zero-order chi connectivity index (χ0) is 16.9. The molecule has 4 heteroatoms. The van der Waals surface area contributed by atoms with Crippen molar-refractivity contribution >= 4 is 0 Å². The Labute approximate surface area is 148 Å². The molecule has 4 nitrogen and oxygen atoms in total. The first-order valence-corrected chi connectivity index (χ1v) is 8.63. The average molecular weight is 331 g/mol. The van der Waals surface area contributed by atoms with Gasteiger partial charge in [0.1, 0.15) is 6.10 Å². The van der Waals surface area contributed by atoms with E-state index in [0.29, 0.717) is 0 Å². The lowest BCUT2D eigenvalue weighted by Gasteiger charge is -2.32. The third-order valence-corrected chi connectivity index (χ3v) is 4.53. The summed E-state index contributed by atoms with van der Waals surface area (Å²) >= 11 is 0. The molecular formula is C21H21N3O. The molecule has 1 fully saturated rings. The number of aromatic nitrogens is 2. The van der Waals surface area contributed by atoms with Crippen LogP contribution in [0.25, 0.3) is 11.1 Å². The van der Waals surface area contributed by atoms with Crippen LogP contribution in [0.3, 0.4) is 0 Å². The van der Waals surface area contributed by atoms with Crippen molar-refractivity contribution in [3.8, 4) is 11.1 Å². The maximum atomic E-state index is 5.86. The van der Waals surface area contributed by atoms with Gasteiger partial charge < -0.3 is 4.74 Å². The van der Waals surface area contributed by atoms with E-state index in [0.717, 1.165) is 31.9 Å². The van der Waals surface area contributed by atoms with Crippen LogP contribution in [0.1, 0.15) is 17.4 Å². The second-order valence-corrected chi connectivity index (χ2v) is 6.29. The molecule has 25 heavy (non-hydrogen) atoms. The summed E-state index contributed by atoms with van der Waals surface area (Å²) in [6.07, 6.45) is 5.22. The molecule has 0 N–H and O–H groups in total. The van der Waals surface area contributed by atoms with E-state index in [1.165, 1.54) is 16.7 Å². The number of hydrogen-bond acceptors (Lipinski definition) is 4. The summed E-state index contributed by atoms with van der Waals surface area (Å²) < 4.78 is 5.86. The predicted molar refractivity (Wildman–Crippen MR) is 97.9 cm³/mol. The standard InChI is InChI=1S/C21H21N3O/c1-2-4-18(5-3-1)19-8-6-17(7-9-19)15-24-12-13-25-21(16-24)20-14-22-10-11-23-20/h1-11,14,21H,12-13,15-16H2/t21-/m1/s1. The lowest BCUT2D eigenvalue weighted by atomic mass is 10.0. The smallest absolute Gasteiger partial charge is 0.114 e. The molecule has 1 atom stereocenters. The first-order chi connectivity index (χ1) is 12.4. The predicted octanol–water partition coefficient (Wildman–Crippen LogP) is 3.72. The second-order valence-electron chi connectivity index (χ2n) is 6.29. The molecule has 1 aromatic heterocycles. The van der Waals surface area contributed by atoms with Crippen molar-refractivity contribution in [3.63, 3.8) is 0 Å². The molecule has 4 rings (SSSR count). The highest BCUT2D eigenvalue weighted by Gasteiger charge is 2.23. The molecule has 0 saturated carbocycles. The minimum Gasteiger partial charge on any atom is -0.369 e. The molecule has 0 spiro atoms. The van der Waals surface area contributed by atoms with E-state index in [1.54, 1.807) is 18.6 Å². The number of nitrogens with zero attached hydrogens (tertiary/aromatic N) is 3. The van der Waals surface area contributed by atoms with E-state index >= 15 is 0 Å². The normalized spacial score (nSPS) is 18.2. The number of morpholine rings is 1. The highest BCUT2D eigenvalue weighted by Crippen LogP contribution is 2.23. The molecule has 1 saturated heterocycles. The zero-order valence-corrected chi connectivity index (χ0v) is 14.1. The van der Waals surface area contributed by atoms with E-state index in [9.17, 15) is 0 Å². The number of benzene rings is 2. The van der Waals surface area contributed by atoms with Gasteiger partial charge in [-0.2, -0.15) is 0 Å². The zero-order valence-electron chi connectivity index (χ0n) is 14.1. The summed E-state index contributed by atoms with van der Waals surface area (Å²) in [4.78, 5) is 10.9. The van der Waals surface area contributed by atoms with Crippen LogP contribution in [0.15, 0.2) is 73.2 Å². The lowest BCUT2D eigenvalue weighted by molar-refractivity contribution is -0.0351. The average Bonchev–Trinajstić information content (AvgIpc) is 2.70. The fourth-order valence-electron chi connectivity index (χ4n) is 3.19. The molecule has 2 aromatic carbocycles. The Bertz CT molecular complexity index is 790. The van der Waals surface area contributed by atoms with Crippen molar-refractivity contribution in [2.24, 2.45) is 0 Å². The van der Waals surface area contributed by atoms with Crippen LogP contribution in [0.2, 0.25) is 0 Å². The Morgan fingerprint density at radius 2 is 1.76 bits per heavy atom. The van der Waals surface area contributed by atoms with Crippen molar-refractivity contribution < 1.29 is 4.74 Å². The lowest BCUT2D eigenvalue weighted by Crippen LogP contribution is -2.38. The molecule has 2 heterocycles. The van der Waals surface area contributed by atoms with Crippen LogP contribution in [-0.4, -0.2) is 34.6 Å². The van der Waals surface area contributed by atoms with Gasteiger partial charge in [-0.25, -0.2) is 0 Å². The molecule has 0 unspecified atom stereocenters. The van der Waals surface area contributed by atoms with Crippen LogP contribution < -0.4 is 0 Å². The van der Waals surface area contributed by atoms with E-state index in [4.69, 9.17) is 4.74 Å². The van der Waals surface area contributed by atoms with Gasteiger partial charge >= 0.3 is 0 Å². The van der Waals surface area contributed by atoms with E-state index in [2.05, 4.69) is 63.4 Å². The van der Waals surface area contributed by atoms with Gasteiger partial charge in [-0.3, -0.25) is 14.9 Å². The molecule has 1 aliphatic rings. The highest BCUT2D eigenvalue weighted by atomic mass is 16.5. The molecule has 3 aromatic rings. The molecule has 126 valence electrons. The Morgan fingerprint density at radius 3 is 2.52 bits per heavy atom. The number of ether oxygens (including phenoxy) is 1. The van der Waals surface area contributed by atoms with Gasteiger partial charge in [-0.1, -0.05) is 54.6 Å². The first kappa shape index (κ1) is 15.9. The van der Waals surface area contributed by atoms with Crippen LogP contribution in [0.5, 0.6) is 0 Å². The Morgan fingerprint density at radius 1 is 0.960 bits per heavy atom. The maximum absolute atomic E-state index is 5.86. The second kappa shape index (κ2) is 7.55. The summed E-state index contributed by atoms with van der Waals surface area (Å²) in [5, 5.41) is 0. The van der Waals surface area contributed by atoms with Gasteiger partial charge in [0.05, 0.1) is 18.5 Å². The third-order valence-electron chi connectivity index (χ3n) is 4.53. The maximum Gasteiger partial charge on any atom is 0.114 e. The first-order valence-electron chi connectivity index (χ1n) is 8.63. The van der Waals surface area contributed by atoms with Crippen LogP contribution in [-0.2, 0) is 11.3 Å². The summed E-state index contributed by atoms with van der Waals surface area (Å²) in [6.45, 7) is 3.44. The topological polar surface area (TPSA) is 38.2 Å². The van der Waals surface area contributed by atoms with Crippen molar-refractivity contribution in [1.82, 2.24) is 14.9 Å². The highest BCUT2D eigenvalue weighted by molar-refractivity contribution is 5.63. The summed E-state index contributed by atoms with van der Waals surface area (Å²) in [6, 6.07) is 19.3. The van der Waals surface area contributed by atoms with Gasteiger partial charge in [0, 0.05) is 32.0 Å². The van der Waals surface area contributed by atoms with Crippen molar-refractivity contribution in [1.29, 1.82) is 0 Å². The van der Waals surface area contributed by atoms with Gasteiger partial charge in [0.2, 0.25) is 0 Å². The summed E-state index contributed by atoms with van der Waals surface area (Å²) in [5.74, 6) is 0. The fourth-order valence-corrected chi connectivity index (χ4v) is 3.19. The summed E-state index contributed by atoms with van der Waals surface area (Å²) in [7, 11) is 0. The van der Waals surface area contributed by atoms with Crippen LogP contribution in [0, 0.1) is 0 Å². The quantitative estimate of drug-likeness (QED) is 0.730. The van der Waals surface area contributed by atoms with Crippen molar-refractivity contribution in [3.05, 3.63) is 84.4 Å². The van der Waals surface area contributed by atoms with Crippen molar-refractivity contribution in [2.45, 2.75) is 12.6 Å². The minimum atomic E-state index is 0.00559. The van der Waals surface area contributed by atoms with Gasteiger partial charge in [-0.05, 0) is 16.7 Å². The molecule has 0 radical (unpaired) electrons. The minimum absolute atomic E-state index is 0.00559. The SMILES string of the molecule is c1ccc(-c2ccc(CN3CCO[C@@H](c4cnccn4)C3)cc2)cc1. The molecule has 0 aliphatic carbocycles. The van der Waals surface area contributed by atoms with Crippen molar-refractivity contribution in [2.75, 3.05) is 19.7 Å². The van der Waals surface area contributed by atoms with Gasteiger partial charge in [0.25, 0.3) is 0 Å². The molecule has 1 aliphatic heterocycles. The van der Waals surface area contributed by atoms with E-state index < -0.39 is 0 Å². The monoisotopic (exact) mass is 331 g/mol. The van der Waals surface area contributed by atoms with E-state index in [-0.39, 0.29) is 6.10 Å².